The van der Waals surface area contributed by atoms with E-state index in [1.54, 1.807) is 0 Å². The Morgan fingerprint density at radius 2 is 1.50 bits per heavy atom. The molecule has 0 N–H and O–H groups in total. The van der Waals surface area contributed by atoms with Crippen LogP contribution >= 0.6 is 0 Å². The molecule has 16 heavy (non-hydrogen) atoms. The summed E-state index contributed by atoms with van der Waals surface area (Å²) in [6.07, 6.45) is 10.2. The maximum atomic E-state index is 8.76. The molecule has 2 aliphatic rings. The Balaban J connectivity index is 1.98. The van der Waals surface area contributed by atoms with Crippen molar-refractivity contribution < 1.29 is 9.47 Å². The molecule has 80 valence electrons. The predicted molar refractivity (Wildman–Crippen MR) is 55.1 cm³/mol. The predicted octanol–water partition coefficient (Wildman–Crippen LogP) is 1.85. The Bertz CT molecular complexity index is 389. The van der Waals surface area contributed by atoms with Crippen molar-refractivity contribution in [2.75, 3.05) is 0 Å². The molecule has 0 amide bonds. The maximum Gasteiger partial charge on any atom is 0.249 e. The summed E-state index contributed by atoms with van der Waals surface area (Å²) < 4.78 is 10.4. The molecule has 2 rings (SSSR count). The Labute approximate surface area is 93.7 Å². The molecular formula is C12H10N2O2. The summed E-state index contributed by atoms with van der Waals surface area (Å²) in [4.78, 5) is 0. The summed E-state index contributed by atoms with van der Waals surface area (Å²) in [5.41, 5.74) is 0. The molecule has 0 aromatic carbocycles. The van der Waals surface area contributed by atoms with E-state index in [0.29, 0.717) is 0 Å². The van der Waals surface area contributed by atoms with Crippen LogP contribution in [0.25, 0.3) is 0 Å². The monoisotopic (exact) mass is 214 g/mol. The summed E-state index contributed by atoms with van der Waals surface area (Å²) in [7, 11) is 0. The molecule has 0 bridgehead atoms. The molecule has 1 aliphatic heterocycles. The van der Waals surface area contributed by atoms with E-state index in [-0.39, 0.29) is 18.1 Å². The van der Waals surface area contributed by atoms with E-state index in [2.05, 4.69) is 0 Å². The number of hydrogen-bond acceptors (Lipinski definition) is 4. The van der Waals surface area contributed by atoms with Gasteiger partial charge in [0.05, 0.1) is 18.1 Å². The lowest BCUT2D eigenvalue weighted by Crippen LogP contribution is -2.21. The van der Waals surface area contributed by atoms with Crippen LogP contribution in [0.3, 0.4) is 0 Å². The van der Waals surface area contributed by atoms with Crippen LogP contribution in [-0.4, -0.2) is 6.29 Å². The largest absolute Gasteiger partial charge is 0.458 e. The van der Waals surface area contributed by atoms with Gasteiger partial charge < -0.3 is 9.47 Å². The smallest absolute Gasteiger partial charge is 0.249 e. The van der Waals surface area contributed by atoms with Crippen LogP contribution in [0.5, 0.6) is 0 Å². The highest BCUT2D eigenvalue weighted by Gasteiger charge is 2.26. The molecule has 4 nitrogen and oxygen atoms in total. The summed E-state index contributed by atoms with van der Waals surface area (Å²) in [5.74, 6) is -0.734. The van der Waals surface area contributed by atoms with Crippen LogP contribution in [0, 0.1) is 40.4 Å². The highest BCUT2D eigenvalue weighted by atomic mass is 16.7. The normalized spacial score (nSPS) is 27.2. The summed E-state index contributed by atoms with van der Waals surface area (Å²) in [6, 6.07) is 3.93. The summed E-state index contributed by atoms with van der Waals surface area (Å²) in [5, 5.41) is 17.5. The van der Waals surface area contributed by atoms with Gasteiger partial charge in [0.2, 0.25) is 6.29 Å². The highest BCUT2D eigenvalue weighted by molar-refractivity contribution is 5.21. The number of allylic oxidation sites excluding steroid dienone is 2. The second kappa shape index (κ2) is 4.55. The highest BCUT2D eigenvalue weighted by Crippen LogP contribution is 2.26. The third-order valence-corrected chi connectivity index (χ3v) is 2.57. The first-order valence-electron chi connectivity index (χ1n) is 4.97. The van der Waals surface area contributed by atoms with E-state index < -0.39 is 5.92 Å². The van der Waals surface area contributed by atoms with Gasteiger partial charge in [-0.05, 0) is 0 Å². The number of rotatable bonds is 2. The minimum absolute atomic E-state index is 0.0317. The molecule has 0 saturated carbocycles. The molecule has 0 atom stereocenters. The second-order valence-electron chi connectivity index (χ2n) is 3.57. The van der Waals surface area contributed by atoms with Crippen molar-refractivity contribution in [2.24, 2.45) is 17.8 Å². The van der Waals surface area contributed by atoms with Gasteiger partial charge in [0.15, 0.2) is 0 Å². The Morgan fingerprint density at radius 1 is 0.938 bits per heavy atom. The van der Waals surface area contributed by atoms with Crippen LogP contribution in [-0.2, 0) is 9.47 Å². The van der Waals surface area contributed by atoms with Crippen molar-refractivity contribution in [2.45, 2.75) is 6.29 Å². The number of nitrogens with zero attached hydrogens (tertiary/aromatic N) is 2. The number of hydrogen-bond donors (Lipinski definition) is 0. The minimum atomic E-state index is -0.628. The first kappa shape index (κ1) is 10.3. The van der Waals surface area contributed by atoms with Gasteiger partial charge in [-0.2, -0.15) is 10.5 Å². The van der Waals surface area contributed by atoms with E-state index in [1.807, 2.05) is 36.4 Å². The lowest BCUT2D eigenvalue weighted by Gasteiger charge is -2.21. The molecule has 1 aliphatic carbocycles. The summed E-state index contributed by atoms with van der Waals surface area (Å²) in [6.45, 7) is 0. The first-order chi connectivity index (χ1) is 7.85. The maximum absolute atomic E-state index is 8.76. The lowest BCUT2D eigenvalue weighted by atomic mass is 9.87. The van der Waals surface area contributed by atoms with Gasteiger partial charge in [-0.3, -0.25) is 0 Å². The standard InChI is InChI=1S/C12H10N2O2/c13-7-11(8-14)9-1-3-10(4-2-9)12-15-5-6-16-12/h1-6,9-12H. The third kappa shape index (κ3) is 1.92. The molecule has 1 heterocycles. The zero-order valence-electron chi connectivity index (χ0n) is 8.48. The van der Waals surface area contributed by atoms with E-state index >= 15 is 0 Å². The van der Waals surface area contributed by atoms with Gasteiger partial charge in [-0.1, -0.05) is 24.3 Å². The molecule has 0 unspecified atom stereocenters. The van der Waals surface area contributed by atoms with Crippen molar-refractivity contribution in [1.82, 2.24) is 0 Å². The van der Waals surface area contributed by atoms with Gasteiger partial charge in [0.1, 0.15) is 18.4 Å². The first-order valence-corrected chi connectivity index (χ1v) is 4.97. The molecule has 0 aromatic rings. The molecule has 0 radical (unpaired) electrons. The Kier molecular flexibility index (Phi) is 2.93. The fourth-order valence-corrected chi connectivity index (χ4v) is 1.68. The quantitative estimate of drug-likeness (QED) is 0.658. The Hall–Kier alpha value is -2.20. The zero-order chi connectivity index (χ0) is 11.4. The van der Waals surface area contributed by atoms with E-state index in [4.69, 9.17) is 20.0 Å². The number of nitriles is 2. The van der Waals surface area contributed by atoms with Crippen molar-refractivity contribution >= 4 is 0 Å². The lowest BCUT2D eigenvalue weighted by molar-refractivity contribution is -0.0411. The molecule has 0 saturated heterocycles. The van der Waals surface area contributed by atoms with Crippen molar-refractivity contribution in [3.63, 3.8) is 0 Å². The van der Waals surface area contributed by atoms with E-state index in [9.17, 15) is 0 Å². The molecular weight excluding hydrogens is 204 g/mol. The molecule has 0 fully saturated rings. The van der Waals surface area contributed by atoms with Crippen LogP contribution in [0.1, 0.15) is 0 Å². The number of ether oxygens (including phenoxy) is 2. The summed E-state index contributed by atoms with van der Waals surface area (Å²) >= 11 is 0. The van der Waals surface area contributed by atoms with Crippen LogP contribution < -0.4 is 0 Å². The average Bonchev–Trinajstić information content (AvgIpc) is 2.85. The van der Waals surface area contributed by atoms with Crippen LogP contribution in [0.2, 0.25) is 0 Å². The van der Waals surface area contributed by atoms with Crippen molar-refractivity contribution in [3.05, 3.63) is 36.8 Å². The van der Waals surface area contributed by atoms with Gasteiger partial charge in [-0.25, -0.2) is 0 Å². The van der Waals surface area contributed by atoms with Crippen LogP contribution in [0.15, 0.2) is 36.8 Å². The fourth-order valence-electron chi connectivity index (χ4n) is 1.68. The molecule has 4 heteroatoms. The SMILES string of the molecule is N#CC(C#N)C1C=CC(C2OC=CO2)C=C1. The van der Waals surface area contributed by atoms with Gasteiger partial charge in [0, 0.05) is 5.92 Å². The van der Waals surface area contributed by atoms with Crippen LogP contribution in [0.4, 0.5) is 0 Å². The van der Waals surface area contributed by atoms with Gasteiger partial charge in [-0.15, -0.1) is 0 Å². The fraction of sp³-hybridized carbons (Fsp3) is 0.333. The average molecular weight is 214 g/mol. The molecule has 0 aromatic heterocycles. The van der Waals surface area contributed by atoms with E-state index in [1.165, 1.54) is 12.5 Å². The Morgan fingerprint density at radius 3 is 2.00 bits per heavy atom. The topological polar surface area (TPSA) is 66.0 Å². The van der Waals surface area contributed by atoms with E-state index in [0.717, 1.165) is 0 Å². The van der Waals surface area contributed by atoms with Crippen molar-refractivity contribution in [1.29, 1.82) is 10.5 Å². The zero-order valence-corrected chi connectivity index (χ0v) is 8.48. The van der Waals surface area contributed by atoms with Crippen molar-refractivity contribution in [3.8, 4) is 12.1 Å². The third-order valence-electron chi connectivity index (χ3n) is 2.57. The minimum Gasteiger partial charge on any atom is -0.458 e. The van der Waals surface area contributed by atoms with Gasteiger partial charge in [0.25, 0.3) is 0 Å². The van der Waals surface area contributed by atoms with Gasteiger partial charge >= 0.3 is 0 Å². The second-order valence-corrected chi connectivity index (χ2v) is 3.57. The molecule has 0 spiro atoms.